The van der Waals surface area contributed by atoms with Gasteiger partial charge in [-0.25, -0.2) is 4.98 Å². The Morgan fingerprint density at radius 3 is 2.84 bits per heavy atom. The highest BCUT2D eigenvalue weighted by atomic mass is 16.5. The summed E-state index contributed by atoms with van der Waals surface area (Å²) in [6.45, 7) is 3.37. The van der Waals surface area contributed by atoms with Crippen LogP contribution in [0.5, 0.6) is 5.75 Å². The standard InChI is InChI=1S/C24H29N3O4/c1-16-25-20-15-19(24(29)26(2)11-13-28)18-9-10-21(17-7-5-4-6-8-17)31-23(18)22(20)27(16)12-14-30-3/h4-8,15,21,28H,9-14H2,1-3H3. The van der Waals surface area contributed by atoms with E-state index >= 15 is 0 Å². The van der Waals surface area contributed by atoms with Gasteiger partial charge in [-0.3, -0.25) is 4.79 Å². The molecular formula is C24H29N3O4. The van der Waals surface area contributed by atoms with Gasteiger partial charge in [0.2, 0.25) is 0 Å². The average Bonchev–Trinajstić information content (AvgIpc) is 3.12. The van der Waals surface area contributed by atoms with Crippen LogP contribution in [-0.2, 0) is 17.7 Å². The molecule has 1 aliphatic rings. The number of aliphatic hydroxyl groups excluding tert-OH is 1. The van der Waals surface area contributed by atoms with Crippen LogP contribution < -0.4 is 4.74 Å². The van der Waals surface area contributed by atoms with Gasteiger partial charge in [-0.2, -0.15) is 0 Å². The van der Waals surface area contributed by atoms with Crippen LogP contribution in [0.25, 0.3) is 11.0 Å². The van der Waals surface area contributed by atoms with Gasteiger partial charge in [0.25, 0.3) is 5.91 Å². The van der Waals surface area contributed by atoms with Gasteiger partial charge in [0.15, 0.2) is 0 Å². The van der Waals surface area contributed by atoms with Crippen molar-refractivity contribution in [2.24, 2.45) is 0 Å². The number of methoxy groups -OCH3 is 1. The molecule has 1 atom stereocenters. The summed E-state index contributed by atoms with van der Waals surface area (Å²) in [6, 6.07) is 12.0. The Kier molecular flexibility index (Phi) is 6.25. The smallest absolute Gasteiger partial charge is 0.254 e. The topological polar surface area (TPSA) is 76.8 Å². The molecule has 0 saturated carbocycles. The van der Waals surface area contributed by atoms with Crippen molar-refractivity contribution in [3.63, 3.8) is 0 Å². The minimum absolute atomic E-state index is 0.0794. The zero-order valence-corrected chi connectivity index (χ0v) is 18.3. The molecule has 0 bridgehead atoms. The molecule has 1 N–H and O–H groups in total. The number of carbonyl (C=O) groups excluding carboxylic acids is 1. The fourth-order valence-electron chi connectivity index (χ4n) is 4.27. The van der Waals surface area contributed by atoms with Crippen molar-refractivity contribution >= 4 is 16.9 Å². The number of fused-ring (bicyclic) bond motifs is 3. The number of likely N-dealkylation sites (N-methyl/N-ethyl adjacent to an activating group) is 1. The van der Waals surface area contributed by atoms with Crippen LogP contribution >= 0.6 is 0 Å². The lowest BCUT2D eigenvalue weighted by Gasteiger charge is -2.29. The number of aliphatic hydroxyl groups is 1. The molecule has 1 unspecified atom stereocenters. The van der Waals surface area contributed by atoms with E-state index in [2.05, 4.69) is 16.7 Å². The molecule has 164 valence electrons. The number of hydrogen-bond acceptors (Lipinski definition) is 5. The van der Waals surface area contributed by atoms with Gasteiger partial charge >= 0.3 is 0 Å². The molecule has 1 aromatic heterocycles. The summed E-state index contributed by atoms with van der Waals surface area (Å²) in [7, 11) is 3.38. The second kappa shape index (κ2) is 9.08. The van der Waals surface area contributed by atoms with Gasteiger partial charge < -0.3 is 24.0 Å². The van der Waals surface area contributed by atoms with E-state index in [1.54, 1.807) is 19.1 Å². The lowest BCUT2D eigenvalue weighted by Crippen LogP contribution is -2.31. The van der Waals surface area contributed by atoms with E-state index in [1.165, 1.54) is 0 Å². The number of carbonyl (C=O) groups is 1. The molecule has 7 heteroatoms. The highest BCUT2D eigenvalue weighted by molar-refractivity contribution is 6.01. The van der Waals surface area contributed by atoms with Gasteiger partial charge in [0.05, 0.1) is 18.7 Å². The zero-order chi connectivity index (χ0) is 22.0. The Bertz CT molecular complexity index is 1080. The summed E-state index contributed by atoms with van der Waals surface area (Å²) in [5.74, 6) is 1.46. The normalized spacial score (nSPS) is 15.5. The predicted molar refractivity (Wildman–Crippen MR) is 119 cm³/mol. The maximum atomic E-state index is 13.2. The van der Waals surface area contributed by atoms with E-state index in [9.17, 15) is 9.90 Å². The summed E-state index contributed by atoms with van der Waals surface area (Å²) in [5, 5.41) is 9.28. The SMILES string of the molecule is COCCn1c(C)nc2cc(C(=O)N(C)CCO)c3c(c21)OC(c1ccccc1)CC3. The summed E-state index contributed by atoms with van der Waals surface area (Å²) < 4.78 is 14.0. The average molecular weight is 424 g/mol. The lowest BCUT2D eigenvalue weighted by atomic mass is 9.92. The van der Waals surface area contributed by atoms with Crippen molar-refractivity contribution in [3.8, 4) is 5.75 Å². The highest BCUT2D eigenvalue weighted by Gasteiger charge is 2.31. The Morgan fingerprint density at radius 1 is 1.35 bits per heavy atom. The number of nitrogens with zero attached hydrogens (tertiary/aromatic N) is 3. The first kappa shape index (κ1) is 21.3. The number of ether oxygens (including phenoxy) is 2. The van der Waals surface area contributed by atoms with Crippen molar-refractivity contribution in [3.05, 3.63) is 58.9 Å². The molecule has 1 amide bonds. The summed E-state index contributed by atoms with van der Waals surface area (Å²) in [4.78, 5) is 19.4. The molecule has 0 aliphatic carbocycles. The van der Waals surface area contributed by atoms with Crippen LogP contribution in [-0.4, -0.2) is 59.4 Å². The third kappa shape index (κ3) is 4.03. The molecule has 31 heavy (non-hydrogen) atoms. The first-order valence-electron chi connectivity index (χ1n) is 10.6. The van der Waals surface area contributed by atoms with Crippen molar-refractivity contribution in [1.29, 1.82) is 0 Å². The Balaban J connectivity index is 1.86. The van der Waals surface area contributed by atoms with E-state index in [4.69, 9.17) is 14.5 Å². The summed E-state index contributed by atoms with van der Waals surface area (Å²) in [6.07, 6.45) is 1.44. The fourth-order valence-corrected chi connectivity index (χ4v) is 4.27. The molecule has 2 heterocycles. The minimum Gasteiger partial charge on any atom is -0.483 e. The molecule has 0 saturated heterocycles. The van der Waals surface area contributed by atoms with Gasteiger partial charge in [0, 0.05) is 38.4 Å². The second-order valence-corrected chi connectivity index (χ2v) is 7.91. The monoisotopic (exact) mass is 423 g/mol. The van der Waals surface area contributed by atoms with E-state index in [1.807, 2.05) is 31.2 Å². The third-order valence-corrected chi connectivity index (χ3v) is 5.90. The number of rotatable bonds is 7. The highest BCUT2D eigenvalue weighted by Crippen LogP contribution is 2.42. The van der Waals surface area contributed by atoms with Crippen molar-refractivity contribution in [2.45, 2.75) is 32.4 Å². The fraction of sp³-hybridized carbons (Fsp3) is 0.417. The van der Waals surface area contributed by atoms with Crippen LogP contribution in [0.2, 0.25) is 0 Å². The molecule has 2 aromatic carbocycles. The molecule has 0 fully saturated rings. The predicted octanol–water partition coefficient (Wildman–Crippen LogP) is 3.12. The zero-order valence-electron chi connectivity index (χ0n) is 18.3. The maximum absolute atomic E-state index is 13.2. The first-order valence-corrected chi connectivity index (χ1v) is 10.6. The second-order valence-electron chi connectivity index (χ2n) is 7.91. The minimum atomic E-state index is -0.127. The maximum Gasteiger partial charge on any atom is 0.254 e. The molecule has 4 rings (SSSR count). The first-order chi connectivity index (χ1) is 15.0. The van der Waals surface area contributed by atoms with Gasteiger partial charge in [-0.15, -0.1) is 0 Å². The van der Waals surface area contributed by atoms with E-state index in [0.717, 1.165) is 46.6 Å². The largest absolute Gasteiger partial charge is 0.483 e. The van der Waals surface area contributed by atoms with E-state index < -0.39 is 0 Å². The number of hydrogen-bond donors (Lipinski definition) is 1. The lowest BCUT2D eigenvalue weighted by molar-refractivity contribution is 0.0763. The van der Waals surface area contributed by atoms with E-state index in [0.29, 0.717) is 18.7 Å². The third-order valence-electron chi connectivity index (χ3n) is 5.90. The summed E-state index contributed by atoms with van der Waals surface area (Å²) in [5.41, 5.74) is 4.28. The molecular weight excluding hydrogens is 394 g/mol. The Labute approximate surface area is 182 Å². The number of aromatic nitrogens is 2. The number of aryl methyl sites for hydroxylation is 1. The van der Waals surface area contributed by atoms with Gasteiger partial charge in [-0.05, 0) is 31.4 Å². The van der Waals surface area contributed by atoms with E-state index in [-0.39, 0.29) is 25.2 Å². The Morgan fingerprint density at radius 2 is 2.13 bits per heavy atom. The van der Waals surface area contributed by atoms with Crippen LogP contribution in [0, 0.1) is 6.92 Å². The van der Waals surface area contributed by atoms with Crippen molar-refractivity contribution in [2.75, 3.05) is 33.9 Å². The van der Waals surface area contributed by atoms with Crippen LogP contribution in [0.3, 0.4) is 0 Å². The number of benzene rings is 2. The Hall–Kier alpha value is -2.90. The van der Waals surface area contributed by atoms with Crippen LogP contribution in [0.1, 0.15) is 39.8 Å². The van der Waals surface area contributed by atoms with Gasteiger partial charge in [-0.1, -0.05) is 30.3 Å². The number of imidazole rings is 1. The van der Waals surface area contributed by atoms with Crippen molar-refractivity contribution in [1.82, 2.24) is 14.5 Å². The van der Waals surface area contributed by atoms with Crippen molar-refractivity contribution < 1.29 is 19.4 Å². The van der Waals surface area contributed by atoms with Gasteiger partial charge in [0.1, 0.15) is 23.2 Å². The quantitative estimate of drug-likeness (QED) is 0.632. The van der Waals surface area contributed by atoms with Crippen LogP contribution in [0.4, 0.5) is 0 Å². The number of amides is 1. The van der Waals surface area contributed by atoms with Crippen LogP contribution in [0.15, 0.2) is 36.4 Å². The molecule has 3 aromatic rings. The molecule has 0 radical (unpaired) electrons. The molecule has 7 nitrogen and oxygen atoms in total. The molecule has 1 aliphatic heterocycles. The summed E-state index contributed by atoms with van der Waals surface area (Å²) >= 11 is 0. The molecule has 0 spiro atoms.